The lowest BCUT2D eigenvalue weighted by molar-refractivity contribution is -0.140. The van der Waals surface area contributed by atoms with Gasteiger partial charge in [0, 0.05) is 29.3 Å². The summed E-state index contributed by atoms with van der Waals surface area (Å²) >= 11 is 0. The van der Waals surface area contributed by atoms with Crippen LogP contribution in [0, 0.1) is 0 Å². The van der Waals surface area contributed by atoms with Crippen LogP contribution in [-0.4, -0.2) is 18.9 Å². The Balaban J connectivity index is 1.55. The van der Waals surface area contributed by atoms with E-state index >= 15 is 0 Å². The first kappa shape index (κ1) is 22.0. The molecule has 0 bridgehead atoms. The molecule has 5 nitrogen and oxygen atoms in total. The maximum absolute atomic E-state index is 13.5. The smallest absolute Gasteiger partial charge is 0.337 e. The Hall–Kier alpha value is -3.86. The Morgan fingerprint density at radius 2 is 1.76 bits per heavy atom. The van der Waals surface area contributed by atoms with Crippen molar-refractivity contribution >= 4 is 22.5 Å². The summed E-state index contributed by atoms with van der Waals surface area (Å²) in [5.74, 6) is -0.0294. The molecule has 1 N–H and O–H groups in total. The predicted octanol–water partition coefficient (Wildman–Crippen LogP) is 5.56. The van der Waals surface area contributed by atoms with Crippen molar-refractivity contribution in [2.45, 2.75) is 38.7 Å². The zero-order valence-electron chi connectivity index (χ0n) is 19.4. The number of carbonyl (C=O) groups excluding carboxylic acids is 2. The van der Waals surface area contributed by atoms with Gasteiger partial charge >= 0.3 is 5.97 Å². The third-order valence-electron chi connectivity index (χ3n) is 6.66. The van der Waals surface area contributed by atoms with Gasteiger partial charge in [-0.05, 0) is 53.8 Å². The number of methoxy groups -OCH3 is 1. The Labute approximate surface area is 199 Å². The zero-order valence-corrected chi connectivity index (χ0v) is 19.4. The number of carbonyl (C=O) groups is 2. The van der Waals surface area contributed by atoms with Crippen molar-refractivity contribution in [3.05, 3.63) is 100 Å². The number of fused-ring (bicyclic) bond motifs is 1. The molecule has 0 fully saturated rings. The number of ketones is 1. The summed E-state index contributed by atoms with van der Waals surface area (Å²) < 4.78 is 11.0. The fourth-order valence-corrected chi connectivity index (χ4v) is 5.02. The molecule has 1 heterocycles. The van der Waals surface area contributed by atoms with Crippen LogP contribution in [0.15, 0.2) is 89.3 Å². The lowest BCUT2D eigenvalue weighted by Gasteiger charge is -2.34. The fraction of sp³-hybridized carbons (Fsp3) is 0.241. The van der Waals surface area contributed by atoms with Crippen molar-refractivity contribution in [2.75, 3.05) is 7.11 Å². The predicted molar refractivity (Wildman–Crippen MR) is 131 cm³/mol. The molecule has 0 saturated carbocycles. The number of hydrogen-bond donors (Lipinski definition) is 1. The van der Waals surface area contributed by atoms with Crippen LogP contribution in [0.1, 0.15) is 43.2 Å². The van der Waals surface area contributed by atoms with Crippen LogP contribution in [0.3, 0.4) is 0 Å². The average molecular weight is 454 g/mol. The molecule has 0 amide bonds. The van der Waals surface area contributed by atoms with E-state index in [-0.39, 0.29) is 12.4 Å². The highest BCUT2D eigenvalue weighted by Gasteiger charge is 2.39. The highest BCUT2D eigenvalue weighted by Crippen LogP contribution is 2.44. The van der Waals surface area contributed by atoms with E-state index in [0.717, 1.165) is 51.9 Å². The summed E-state index contributed by atoms with van der Waals surface area (Å²) in [7, 11) is 1.61. The molecule has 1 aliphatic heterocycles. The Kier molecular flexibility index (Phi) is 5.93. The van der Waals surface area contributed by atoms with Crippen molar-refractivity contribution in [3.63, 3.8) is 0 Å². The molecule has 0 saturated heterocycles. The number of Topliss-reactive ketones (excluding diaryl/α,β-unsaturated/α-hetero) is 1. The van der Waals surface area contributed by atoms with Crippen LogP contribution in [-0.2, 0) is 20.9 Å². The van der Waals surface area contributed by atoms with Crippen molar-refractivity contribution < 1.29 is 19.1 Å². The molecule has 1 unspecified atom stereocenters. The van der Waals surface area contributed by atoms with Crippen LogP contribution < -0.4 is 10.1 Å². The second kappa shape index (κ2) is 9.18. The van der Waals surface area contributed by atoms with E-state index in [4.69, 9.17) is 9.47 Å². The fourth-order valence-electron chi connectivity index (χ4n) is 5.02. The van der Waals surface area contributed by atoms with Gasteiger partial charge < -0.3 is 14.8 Å². The van der Waals surface area contributed by atoms with Gasteiger partial charge in [0.05, 0.1) is 12.7 Å². The Morgan fingerprint density at radius 1 is 1.00 bits per heavy atom. The number of ether oxygens (including phenoxy) is 2. The normalized spacial score (nSPS) is 17.9. The molecule has 1 aliphatic carbocycles. The van der Waals surface area contributed by atoms with E-state index in [1.807, 2.05) is 55.5 Å². The van der Waals surface area contributed by atoms with Crippen molar-refractivity contribution in [2.24, 2.45) is 0 Å². The third-order valence-corrected chi connectivity index (χ3v) is 6.66. The quantitative estimate of drug-likeness (QED) is 0.513. The minimum absolute atomic E-state index is 0.0969. The zero-order chi connectivity index (χ0) is 23.7. The third kappa shape index (κ3) is 3.98. The average Bonchev–Trinajstić information content (AvgIpc) is 2.86. The topological polar surface area (TPSA) is 64.6 Å². The molecule has 0 radical (unpaired) electrons. The molecule has 3 aromatic carbocycles. The molecule has 5 rings (SSSR count). The van der Waals surface area contributed by atoms with Crippen molar-refractivity contribution in [1.82, 2.24) is 5.32 Å². The highest BCUT2D eigenvalue weighted by atomic mass is 16.5. The largest absolute Gasteiger partial charge is 0.497 e. The Morgan fingerprint density at radius 3 is 2.56 bits per heavy atom. The standard InChI is InChI=1S/C29H27NO4/c1-18-26(29(32)34-17-19-13-15-21(33-2)16-14-19)27(28-24(30-18)11-6-12-25(28)31)23-10-5-8-20-7-3-4-9-22(20)23/h3-5,7-10,13-16,27,30H,6,11-12,17H2,1-2H3. The number of benzene rings is 3. The van der Waals surface area contributed by atoms with Gasteiger partial charge in [0.1, 0.15) is 12.4 Å². The number of nitrogens with one attached hydrogen (secondary N) is 1. The number of esters is 1. The van der Waals surface area contributed by atoms with Gasteiger partial charge in [-0.3, -0.25) is 4.79 Å². The van der Waals surface area contributed by atoms with Gasteiger partial charge in [0.25, 0.3) is 0 Å². The lowest BCUT2D eigenvalue weighted by atomic mass is 9.74. The molecule has 2 aliphatic rings. The maximum Gasteiger partial charge on any atom is 0.337 e. The second-order valence-corrected chi connectivity index (χ2v) is 8.76. The monoisotopic (exact) mass is 453 g/mol. The van der Waals surface area contributed by atoms with Gasteiger partial charge in [-0.25, -0.2) is 4.79 Å². The Bertz CT molecular complexity index is 1330. The van der Waals surface area contributed by atoms with E-state index in [1.54, 1.807) is 7.11 Å². The molecule has 1 atom stereocenters. The van der Waals surface area contributed by atoms with Crippen molar-refractivity contribution in [1.29, 1.82) is 0 Å². The molecule has 34 heavy (non-hydrogen) atoms. The summed E-state index contributed by atoms with van der Waals surface area (Å²) in [5, 5.41) is 5.48. The number of hydrogen-bond acceptors (Lipinski definition) is 5. The minimum Gasteiger partial charge on any atom is -0.497 e. The lowest BCUT2D eigenvalue weighted by Crippen LogP contribution is -2.34. The van der Waals surface area contributed by atoms with E-state index in [9.17, 15) is 9.59 Å². The summed E-state index contributed by atoms with van der Waals surface area (Å²) in [6, 6.07) is 21.6. The number of rotatable bonds is 5. The van der Waals surface area contributed by atoms with E-state index < -0.39 is 11.9 Å². The van der Waals surface area contributed by atoms with Gasteiger partial charge in [0.15, 0.2) is 5.78 Å². The van der Waals surface area contributed by atoms with Crippen LogP contribution in [0.4, 0.5) is 0 Å². The van der Waals surface area contributed by atoms with Gasteiger partial charge in [0.2, 0.25) is 0 Å². The molecule has 5 heteroatoms. The van der Waals surface area contributed by atoms with Crippen LogP contribution >= 0.6 is 0 Å². The van der Waals surface area contributed by atoms with Crippen LogP contribution in [0.2, 0.25) is 0 Å². The van der Waals surface area contributed by atoms with E-state index in [0.29, 0.717) is 17.6 Å². The summed E-state index contributed by atoms with van der Waals surface area (Å²) in [6.07, 6.45) is 2.11. The van der Waals surface area contributed by atoms with Gasteiger partial charge in [-0.15, -0.1) is 0 Å². The maximum atomic E-state index is 13.5. The summed E-state index contributed by atoms with van der Waals surface area (Å²) in [4.78, 5) is 26.7. The number of allylic oxidation sites excluding steroid dienone is 3. The van der Waals surface area contributed by atoms with Gasteiger partial charge in [-0.2, -0.15) is 0 Å². The van der Waals surface area contributed by atoms with Gasteiger partial charge in [-0.1, -0.05) is 54.6 Å². The molecule has 0 spiro atoms. The first-order valence-corrected chi connectivity index (χ1v) is 11.6. The minimum atomic E-state index is -0.460. The molecular weight excluding hydrogens is 426 g/mol. The van der Waals surface area contributed by atoms with E-state index in [1.165, 1.54) is 0 Å². The SMILES string of the molecule is COc1ccc(COC(=O)C2=C(C)NC3=C(C(=O)CCC3)C2c2cccc3ccccc23)cc1. The second-order valence-electron chi connectivity index (χ2n) is 8.76. The van der Waals surface area contributed by atoms with E-state index in [2.05, 4.69) is 23.5 Å². The van der Waals surface area contributed by atoms with Crippen molar-refractivity contribution in [3.8, 4) is 5.75 Å². The molecule has 0 aromatic heterocycles. The highest BCUT2D eigenvalue weighted by molar-refractivity contribution is 6.05. The first-order valence-electron chi connectivity index (χ1n) is 11.6. The first-order chi connectivity index (χ1) is 16.6. The number of dihydropyridines is 1. The van der Waals surface area contributed by atoms with Crippen LogP contribution in [0.5, 0.6) is 5.75 Å². The molecular formula is C29H27NO4. The molecule has 3 aromatic rings. The van der Waals surface area contributed by atoms with Crippen LogP contribution in [0.25, 0.3) is 10.8 Å². The summed E-state index contributed by atoms with van der Waals surface area (Å²) in [5.41, 5.74) is 4.69. The molecule has 172 valence electrons. The summed E-state index contributed by atoms with van der Waals surface area (Å²) in [6.45, 7) is 2.03.